The van der Waals surface area contributed by atoms with Gasteiger partial charge in [0.25, 0.3) is 0 Å². The van der Waals surface area contributed by atoms with E-state index in [2.05, 4.69) is 20.7 Å². The van der Waals surface area contributed by atoms with E-state index in [9.17, 15) is 13.5 Å². The lowest BCUT2D eigenvalue weighted by Crippen LogP contribution is -2.34. The van der Waals surface area contributed by atoms with Crippen LogP contribution >= 0.6 is 15.9 Å². The predicted octanol–water partition coefficient (Wildman–Crippen LogP) is 0.735. The Morgan fingerprint density at radius 1 is 1.41 bits per heavy atom. The van der Waals surface area contributed by atoms with Gasteiger partial charge in [-0.2, -0.15) is 0 Å². The van der Waals surface area contributed by atoms with E-state index < -0.39 is 16.1 Å². The largest absolute Gasteiger partial charge is 0.389 e. The van der Waals surface area contributed by atoms with Crippen LogP contribution in [0.25, 0.3) is 0 Å². The molecule has 0 bridgehead atoms. The molecule has 0 fully saturated rings. The molecule has 0 saturated carbocycles. The normalized spacial score (nSPS) is 13.6. The van der Waals surface area contributed by atoms with E-state index in [-0.39, 0.29) is 18.0 Å². The first-order chi connectivity index (χ1) is 7.95. The fourth-order valence-corrected chi connectivity index (χ4v) is 2.49. The molecule has 17 heavy (non-hydrogen) atoms. The average molecular weight is 324 g/mol. The minimum atomic E-state index is -3.58. The molecule has 0 heterocycles. The van der Waals surface area contributed by atoms with Gasteiger partial charge in [0.2, 0.25) is 10.0 Å². The summed E-state index contributed by atoms with van der Waals surface area (Å²) in [6.07, 6.45) is -0.856. The fourth-order valence-electron chi connectivity index (χ4n) is 1.15. The van der Waals surface area contributed by atoms with Crippen molar-refractivity contribution in [3.05, 3.63) is 28.7 Å². The van der Waals surface area contributed by atoms with Gasteiger partial charge in [0.1, 0.15) is 0 Å². The van der Waals surface area contributed by atoms with Crippen molar-refractivity contribution in [2.24, 2.45) is 0 Å². The zero-order valence-electron chi connectivity index (χ0n) is 9.26. The number of methoxy groups -OCH3 is 1. The Bertz CT molecular complexity index is 446. The van der Waals surface area contributed by atoms with Crippen LogP contribution in [-0.2, 0) is 14.8 Å². The highest BCUT2D eigenvalue weighted by Crippen LogP contribution is 2.14. The summed E-state index contributed by atoms with van der Waals surface area (Å²) < 4.78 is 31.4. The molecule has 0 aromatic heterocycles. The molecule has 5 nitrogen and oxygen atoms in total. The number of sulfonamides is 1. The van der Waals surface area contributed by atoms with E-state index >= 15 is 0 Å². The number of aliphatic hydroxyl groups is 1. The third-order valence-electron chi connectivity index (χ3n) is 1.99. The zero-order chi connectivity index (χ0) is 12.9. The first-order valence-electron chi connectivity index (χ1n) is 4.88. The van der Waals surface area contributed by atoms with Gasteiger partial charge in [-0.3, -0.25) is 0 Å². The molecule has 0 aliphatic heterocycles. The number of rotatable bonds is 6. The third kappa shape index (κ3) is 4.72. The van der Waals surface area contributed by atoms with E-state index in [0.29, 0.717) is 0 Å². The molecule has 2 N–H and O–H groups in total. The summed E-state index contributed by atoms with van der Waals surface area (Å²) in [4.78, 5) is 0.158. The van der Waals surface area contributed by atoms with Gasteiger partial charge < -0.3 is 9.84 Å². The quantitative estimate of drug-likeness (QED) is 0.809. The van der Waals surface area contributed by atoms with E-state index in [1.807, 2.05) is 0 Å². The van der Waals surface area contributed by atoms with Gasteiger partial charge in [-0.25, -0.2) is 13.1 Å². The highest BCUT2D eigenvalue weighted by atomic mass is 79.9. The van der Waals surface area contributed by atoms with Crippen molar-refractivity contribution in [2.45, 2.75) is 11.0 Å². The highest BCUT2D eigenvalue weighted by Gasteiger charge is 2.15. The maximum atomic E-state index is 11.8. The SMILES string of the molecule is COCC(O)CNS(=O)(=O)c1ccc(Br)cc1. The summed E-state index contributed by atoms with van der Waals surface area (Å²) in [5.41, 5.74) is 0. The first kappa shape index (κ1) is 14.6. The molecule has 0 aliphatic rings. The van der Waals surface area contributed by atoms with Gasteiger partial charge >= 0.3 is 0 Å². The summed E-state index contributed by atoms with van der Waals surface area (Å²) >= 11 is 3.22. The Hall–Kier alpha value is -0.470. The van der Waals surface area contributed by atoms with Crippen LogP contribution in [0.1, 0.15) is 0 Å². The molecule has 0 amide bonds. The second-order valence-corrected chi connectivity index (χ2v) is 6.10. The lowest BCUT2D eigenvalue weighted by molar-refractivity contribution is 0.0679. The molecular formula is C10H14BrNO4S. The van der Waals surface area contributed by atoms with Crippen molar-refractivity contribution in [3.63, 3.8) is 0 Å². The molecule has 96 valence electrons. The third-order valence-corrected chi connectivity index (χ3v) is 3.96. The minimum absolute atomic E-state index is 0.0771. The zero-order valence-corrected chi connectivity index (χ0v) is 11.7. The minimum Gasteiger partial charge on any atom is -0.389 e. The van der Waals surface area contributed by atoms with Crippen molar-refractivity contribution < 1.29 is 18.3 Å². The second-order valence-electron chi connectivity index (χ2n) is 3.41. The fraction of sp³-hybridized carbons (Fsp3) is 0.400. The van der Waals surface area contributed by atoms with Crippen molar-refractivity contribution >= 4 is 26.0 Å². The summed E-state index contributed by atoms with van der Waals surface area (Å²) in [6, 6.07) is 6.24. The maximum Gasteiger partial charge on any atom is 0.240 e. The molecule has 1 aromatic rings. The van der Waals surface area contributed by atoms with E-state index in [4.69, 9.17) is 4.74 Å². The van der Waals surface area contributed by atoms with Crippen LogP contribution in [-0.4, -0.2) is 39.9 Å². The number of ether oxygens (including phenoxy) is 1. The van der Waals surface area contributed by atoms with Crippen LogP contribution in [0.15, 0.2) is 33.6 Å². The number of hydrogen-bond acceptors (Lipinski definition) is 4. The van der Waals surface area contributed by atoms with Gasteiger partial charge in [-0.05, 0) is 24.3 Å². The number of hydrogen-bond donors (Lipinski definition) is 2. The smallest absolute Gasteiger partial charge is 0.240 e. The summed E-state index contributed by atoms with van der Waals surface area (Å²) in [5.74, 6) is 0. The van der Waals surface area contributed by atoms with Crippen LogP contribution < -0.4 is 4.72 Å². The number of aliphatic hydroxyl groups excluding tert-OH is 1. The van der Waals surface area contributed by atoms with Crippen LogP contribution in [0.2, 0.25) is 0 Å². The lowest BCUT2D eigenvalue weighted by atomic mass is 10.4. The first-order valence-corrected chi connectivity index (χ1v) is 7.15. The van der Waals surface area contributed by atoms with Crippen LogP contribution in [0.4, 0.5) is 0 Å². The summed E-state index contributed by atoms with van der Waals surface area (Å²) in [5, 5.41) is 9.34. The van der Waals surface area contributed by atoms with Gasteiger partial charge in [0.05, 0.1) is 17.6 Å². The van der Waals surface area contributed by atoms with E-state index in [0.717, 1.165) is 4.47 Å². The number of nitrogens with one attached hydrogen (secondary N) is 1. The Morgan fingerprint density at radius 2 is 2.00 bits per heavy atom. The van der Waals surface area contributed by atoms with Crippen molar-refractivity contribution in [2.75, 3.05) is 20.3 Å². The maximum absolute atomic E-state index is 11.8. The van der Waals surface area contributed by atoms with Gasteiger partial charge in [0, 0.05) is 18.1 Å². The Kier molecular flexibility index (Phi) is 5.54. The highest BCUT2D eigenvalue weighted by molar-refractivity contribution is 9.10. The number of benzene rings is 1. The molecule has 1 atom stereocenters. The summed E-state index contributed by atoms with van der Waals surface area (Å²) in [7, 11) is -2.14. The Labute approximate surface area is 109 Å². The van der Waals surface area contributed by atoms with Gasteiger partial charge in [-0.1, -0.05) is 15.9 Å². The molecule has 0 saturated heterocycles. The molecule has 7 heteroatoms. The Morgan fingerprint density at radius 3 is 2.53 bits per heavy atom. The predicted molar refractivity (Wildman–Crippen MR) is 67.2 cm³/mol. The molecule has 0 aliphatic carbocycles. The molecular weight excluding hydrogens is 310 g/mol. The van der Waals surface area contributed by atoms with Crippen molar-refractivity contribution in [3.8, 4) is 0 Å². The monoisotopic (exact) mass is 323 g/mol. The topological polar surface area (TPSA) is 75.6 Å². The lowest BCUT2D eigenvalue weighted by Gasteiger charge is -2.11. The molecule has 0 radical (unpaired) electrons. The van der Waals surface area contributed by atoms with Crippen molar-refractivity contribution in [1.29, 1.82) is 0 Å². The standard InChI is InChI=1S/C10H14BrNO4S/c1-16-7-9(13)6-12-17(14,15)10-4-2-8(11)3-5-10/h2-5,9,12-13H,6-7H2,1H3. The van der Waals surface area contributed by atoms with E-state index in [1.165, 1.54) is 19.2 Å². The van der Waals surface area contributed by atoms with Crippen LogP contribution in [0.5, 0.6) is 0 Å². The summed E-state index contributed by atoms with van der Waals surface area (Å²) in [6.45, 7) is 0.00902. The molecule has 1 rings (SSSR count). The molecule has 1 aromatic carbocycles. The molecule has 0 spiro atoms. The van der Waals surface area contributed by atoms with Crippen molar-refractivity contribution in [1.82, 2.24) is 4.72 Å². The second kappa shape index (κ2) is 6.46. The van der Waals surface area contributed by atoms with Gasteiger partial charge in [-0.15, -0.1) is 0 Å². The van der Waals surface area contributed by atoms with E-state index in [1.54, 1.807) is 12.1 Å². The molecule has 1 unspecified atom stereocenters. The Balaban J connectivity index is 2.66. The number of halogens is 1. The average Bonchev–Trinajstić information content (AvgIpc) is 2.28. The van der Waals surface area contributed by atoms with Crippen LogP contribution in [0.3, 0.4) is 0 Å². The van der Waals surface area contributed by atoms with Crippen LogP contribution in [0, 0.1) is 0 Å². The van der Waals surface area contributed by atoms with Gasteiger partial charge in [0.15, 0.2) is 0 Å².